The molecule has 0 amide bonds. The Hall–Kier alpha value is -1.94. The number of Topliss-reactive ketones (excluding diaryl/α,β-unsaturated/α-hetero) is 2. The average molecular weight is 316 g/mol. The lowest BCUT2D eigenvalue weighted by Gasteiger charge is -2.18. The lowest BCUT2D eigenvalue weighted by molar-refractivity contribution is 0.0999. The maximum Gasteiger partial charge on any atom is 0.201 e. The molecular formula is C15H10BrNO2. The molecule has 94 valence electrons. The van der Waals surface area contributed by atoms with E-state index in [4.69, 9.17) is 0 Å². The quantitative estimate of drug-likeness (QED) is 0.810. The van der Waals surface area contributed by atoms with Crippen molar-refractivity contribution < 1.29 is 9.59 Å². The molecule has 1 aromatic heterocycles. The predicted molar refractivity (Wildman–Crippen MR) is 76.4 cm³/mol. The highest BCUT2D eigenvalue weighted by Gasteiger charge is 2.32. The number of carbonyl (C=O) groups is 2. The van der Waals surface area contributed by atoms with Crippen molar-refractivity contribution in [2.24, 2.45) is 7.05 Å². The van der Waals surface area contributed by atoms with E-state index in [0.29, 0.717) is 21.2 Å². The van der Waals surface area contributed by atoms with Crippen LogP contribution in [0.25, 0.3) is 5.57 Å². The standard InChI is InChI=1S/C15H10BrNO2/c1-17-8-4-7-11(17)12-13(16)15(19)10-6-3-2-5-9(10)14(12)18/h2-8H,1H3. The third kappa shape index (κ3) is 1.71. The number of nitrogens with zero attached hydrogens (tertiary/aromatic N) is 1. The molecule has 0 atom stereocenters. The fourth-order valence-electron chi connectivity index (χ4n) is 2.29. The third-order valence-electron chi connectivity index (χ3n) is 3.26. The van der Waals surface area contributed by atoms with E-state index in [1.54, 1.807) is 24.3 Å². The number of rotatable bonds is 1. The minimum Gasteiger partial charge on any atom is -0.350 e. The predicted octanol–water partition coefficient (Wildman–Crippen LogP) is 3.21. The van der Waals surface area contributed by atoms with Gasteiger partial charge in [0.05, 0.1) is 15.7 Å². The van der Waals surface area contributed by atoms with Crippen molar-refractivity contribution >= 4 is 33.1 Å². The van der Waals surface area contributed by atoms with Crippen molar-refractivity contribution in [3.05, 3.63) is 63.9 Å². The van der Waals surface area contributed by atoms with Gasteiger partial charge in [-0.15, -0.1) is 0 Å². The van der Waals surface area contributed by atoms with Crippen LogP contribution in [0.4, 0.5) is 0 Å². The second-order valence-electron chi connectivity index (χ2n) is 4.40. The van der Waals surface area contributed by atoms with E-state index in [1.165, 1.54) is 0 Å². The van der Waals surface area contributed by atoms with Crippen LogP contribution >= 0.6 is 15.9 Å². The molecule has 0 radical (unpaired) electrons. The molecule has 4 heteroatoms. The third-order valence-corrected chi connectivity index (χ3v) is 4.02. The molecule has 2 aromatic rings. The summed E-state index contributed by atoms with van der Waals surface area (Å²) in [4.78, 5) is 24.9. The normalized spacial score (nSPS) is 14.8. The fourth-order valence-corrected chi connectivity index (χ4v) is 2.89. The van der Waals surface area contributed by atoms with E-state index in [1.807, 2.05) is 29.9 Å². The number of carbonyl (C=O) groups excluding carboxylic acids is 2. The highest BCUT2D eigenvalue weighted by atomic mass is 79.9. The van der Waals surface area contributed by atoms with Gasteiger partial charge >= 0.3 is 0 Å². The van der Waals surface area contributed by atoms with Gasteiger partial charge in [-0.2, -0.15) is 0 Å². The summed E-state index contributed by atoms with van der Waals surface area (Å²) in [6.07, 6.45) is 1.85. The molecule has 1 aliphatic rings. The van der Waals surface area contributed by atoms with Gasteiger partial charge in [-0.3, -0.25) is 9.59 Å². The Kier molecular flexibility index (Phi) is 2.75. The van der Waals surface area contributed by atoms with Gasteiger partial charge < -0.3 is 4.57 Å². The zero-order valence-electron chi connectivity index (χ0n) is 10.2. The van der Waals surface area contributed by atoms with E-state index < -0.39 is 0 Å². The summed E-state index contributed by atoms with van der Waals surface area (Å²) in [5, 5.41) is 0. The minimum atomic E-state index is -0.147. The van der Waals surface area contributed by atoms with Crippen LogP contribution < -0.4 is 0 Å². The van der Waals surface area contributed by atoms with E-state index in [-0.39, 0.29) is 11.6 Å². The minimum absolute atomic E-state index is 0.121. The van der Waals surface area contributed by atoms with Gasteiger partial charge in [0.2, 0.25) is 5.78 Å². The van der Waals surface area contributed by atoms with E-state index in [9.17, 15) is 9.59 Å². The zero-order chi connectivity index (χ0) is 13.6. The lowest BCUT2D eigenvalue weighted by Crippen LogP contribution is -2.20. The molecule has 1 aromatic carbocycles. The molecule has 19 heavy (non-hydrogen) atoms. The molecule has 0 N–H and O–H groups in total. The van der Waals surface area contributed by atoms with Gasteiger partial charge in [0.25, 0.3) is 0 Å². The summed E-state index contributed by atoms with van der Waals surface area (Å²) in [5.41, 5.74) is 2.08. The van der Waals surface area contributed by atoms with Crippen molar-refractivity contribution in [2.75, 3.05) is 0 Å². The number of halogens is 1. The largest absolute Gasteiger partial charge is 0.350 e. The van der Waals surface area contributed by atoms with Crippen LogP contribution in [0.2, 0.25) is 0 Å². The number of aromatic nitrogens is 1. The first-order valence-corrected chi connectivity index (χ1v) is 6.60. The van der Waals surface area contributed by atoms with Crippen LogP contribution in [-0.2, 0) is 7.05 Å². The van der Waals surface area contributed by atoms with Crippen LogP contribution in [-0.4, -0.2) is 16.1 Å². The van der Waals surface area contributed by atoms with Crippen molar-refractivity contribution in [3.63, 3.8) is 0 Å². The number of ketones is 2. The Labute approximate surface area is 118 Å². The lowest BCUT2D eigenvalue weighted by atomic mass is 9.88. The van der Waals surface area contributed by atoms with Crippen LogP contribution in [0.5, 0.6) is 0 Å². The zero-order valence-corrected chi connectivity index (χ0v) is 11.8. The first-order valence-electron chi connectivity index (χ1n) is 5.81. The van der Waals surface area contributed by atoms with Gasteiger partial charge in [0, 0.05) is 24.4 Å². The molecule has 3 rings (SSSR count). The molecule has 0 spiro atoms. The Bertz CT molecular complexity index is 740. The van der Waals surface area contributed by atoms with E-state index >= 15 is 0 Å². The molecule has 1 heterocycles. The highest BCUT2D eigenvalue weighted by molar-refractivity contribution is 9.12. The molecule has 0 fully saturated rings. The summed E-state index contributed by atoms with van der Waals surface area (Å²) in [6.45, 7) is 0. The number of allylic oxidation sites excluding steroid dienone is 2. The summed E-state index contributed by atoms with van der Waals surface area (Å²) < 4.78 is 2.16. The van der Waals surface area contributed by atoms with Crippen LogP contribution in [0.1, 0.15) is 26.4 Å². The van der Waals surface area contributed by atoms with Crippen LogP contribution in [0, 0.1) is 0 Å². The Morgan fingerprint density at radius 3 is 2.16 bits per heavy atom. The van der Waals surface area contributed by atoms with Crippen molar-refractivity contribution in [1.29, 1.82) is 0 Å². The average Bonchev–Trinajstić information content (AvgIpc) is 2.83. The van der Waals surface area contributed by atoms with Gasteiger partial charge in [-0.05, 0) is 28.1 Å². The van der Waals surface area contributed by atoms with E-state index in [2.05, 4.69) is 15.9 Å². The number of hydrogen-bond donors (Lipinski definition) is 0. The summed E-state index contributed by atoms with van der Waals surface area (Å²) in [6, 6.07) is 10.6. The molecule has 0 aliphatic heterocycles. The van der Waals surface area contributed by atoms with E-state index in [0.717, 1.165) is 5.69 Å². The molecule has 3 nitrogen and oxygen atoms in total. The number of fused-ring (bicyclic) bond motifs is 1. The van der Waals surface area contributed by atoms with Gasteiger partial charge in [0.15, 0.2) is 5.78 Å². The van der Waals surface area contributed by atoms with Crippen molar-refractivity contribution in [2.45, 2.75) is 0 Å². The smallest absolute Gasteiger partial charge is 0.201 e. The maximum absolute atomic E-state index is 12.6. The molecule has 1 aliphatic carbocycles. The maximum atomic E-state index is 12.6. The Morgan fingerprint density at radius 1 is 0.947 bits per heavy atom. The molecular weight excluding hydrogens is 306 g/mol. The molecule has 0 unspecified atom stereocenters. The second-order valence-corrected chi connectivity index (χ2v) is 5.19. The first kappa shape index (κ1) is 12.1. The number of benzene rings is 1. The monoisotopic (exact) mass is 315 g/mol. The molecule has 0 bridgehead atoms. The summed E-state index contributed by atoms with van der Waals surface area (Å²) >= 11 is 3.28. The molecule has 0 saturated carbocycles. The fraction of sp³-hybridized carbons (Fsp3) is 0.0667. The number of aryl methyl sites for hydroxylation is 1. The van der Waals surface area contributed by atoms with Crippen molar-refractivity contribution in [3.8, 4) is 0 Å². The topological polar surface area (TPSA) is 39.1 Å². The highest BCUT2D eigenvalue weighted by Crippen LogP contribution is 2.35. The van der Waals surface area contributed by atoms with Gasteiger partial charge in [0.1, 0.15) is 0 Å². The summed E-state index contributed by atoms with van der Waals surface area (Å²) in [5.74, 6) is -0.268. The first-order chi connectivity index (χ1) is 9.11. The van der Waals surface area contributed by atoms with Gasteiger partial charge in [-0.25, -0.2) is 0 Å². The number of hydrogen-bond acceptors (Lipinski definition) is 2. The van der Waals surface area contributed by atoms with Gasteiger partial charge in [-0.1, -0.05) is 24.3 Å². The Morgan fingerprint density at radius 2 is 1.58 bits per heavy atom. The van der Waals surface area contributed by atoms with Crippen LogP contribution in [0.3, 0.4) is 0 Å². The second kappa shape index (κ2) is 4.31. The molecule has 0 saturated heterocycles. The SMILES string of the molecule is Cn1cccc1C1=C(Br)C(=O)c2ccccc2C1=O. The Balaban J connectivity index is 2.28. The van der Waals surface area contributed by atoms with Crippen molar-refractivity contribution in [1.82, 2.24) is 4.57 Å². The summed E-state index contributed by atoms with van der Waals surface area (Å²) in [7, 11) is 1.85. The van der Waals surface area contributed by atoms with Crippen LogP contribution in [0.15, 0.2) is 47.1 Å².